The summed E-state index contributed by atoms with van der Waals surface area (Å²) in [5.41, 5.74) is 1.75. The lowest BCUT2D eigenvalue weighted by Gasteiger charge is -2.29. The van der Waals surface area contributed by atoms with Gasteiger partial charge in [-0.3, -0.25) is 14.3 Å². The summed E-state index contributed by atoms with van der Waals surface area (Å²) in [5.74, 6) is 0.365. The molecule has 29 heavy (non-hydrogen) atoms. The van der Waals surface area contributed by atoms with E-state index in [0.717, 1.165) is 49.1 Å². The molecule has 2 aromatic rings. The van der Waals surface area contributed by atoms with E-state index >= 15 is 0 Å². The second-order valence-corrected chi connectivity index (χ2v) is 8.99. The summed E-state index contributed by atoms with van der Waals surface area (Å²) >= 11 is 0. The predicted octanol–water partition coefficient (Wildman–Crippen LogP) is 2.45. The van der Waals surface area contributed by atoms with E-state index in [0.29, 0.717) is 11.3 Å². The monoisotopic (exact) mass is 395 g/mol. The Hall–Kier alpha value is -2.59. The van der Waals surface area contributed by atoms with Crippen LogP contribution in [0, 0.1) is 19.4 Å². The van der Waals surface area contributed by atoms with Crippen LogP contribution in [0.2, 0.25) is 0 Å². The molecule has 2 heterocycles. The molecular formula is C22H29N5O2. The molecule has 2 atom stereocenters. The molecule has 7 nitrogen and oxygen atoms in total. The average molecular weight is 396 g/mol. The quantitative estimate of drug-likeness (QED) is 0.763. The van der Waals surface area contributed by atoms with Crippen LogP contribution in [0.15, 0.2) is 21.7 Å². The van der Waals surface area contributed by atoms with Crippen molar-refractivity contribution < 1.29 is 0 Å². The third-order valence-electron chi connectivity index (χ3n) is 6.64. The van der Waals surface area contributed by atoms with E-state index < -0.39 is 5.54 Å². The smallest absolute Gasteiger partial charge is 0.329 e. The number of H-pyrrole nitrogens is 1. The molecule has 1 saturated carbocycles. The number of aromatic nitrogens is 2. The lowest BCUT2D eigenvalue weighted by molar-refractivity contribution is 0.309. The van der Waals surface area contributed by atoms with E-state index in [-0.39, 0.29) is 23.3 Å². The molecule has 1 saturated heterocycles. The maximum absolute atomic E-state index is 12.5. The maximum atomic E-state index is 12.5. The number of nitrogens with one attached hydrogen (secondary N) is 2. The molecule has 2 N–H and O–H groups in total. The van der Waals surface area contributed by atoms with Gasteiger partial charge in [0.15, 0.2) is 0 Å². The molecular weight excluding hydrogens is 366 g/mol. The third-order valence-corrected chi connectivity index (χ3v) is 6.64. The van der Waals surface area contributed by atoms with Crippen LogP contribution in [0.3, 0.4) is 0 Å². The molecule has 0 radical (unpaired) electrons. The average Bonchev–Trinajstić information content (AvgIpc) is 3.40. The van der Waals surface area contributed by atoms with Gasteiger partial charge in [0.25, 0.3) is 5.56 Å². The van der Waals surface area contributed by atoms with Gasteiger partial charge in [-0.15, -0.1) is 0 Å². The van der Waals surface area contributed by atoms with E-state index in [2.05, 4.69) is 20.0 Å². The highest BCUT2D eigenvalue weighted by atomic mass is 16.2. The lowest BCUT2D eigenvalue weighted by Crippen LogP contribution is -2.49. The van der Waals surface area contributed by atoms with Crippen molar-refractivity contribution in [2.24, 2.45) is 5.92 Å². The van der Waals surface area contributed by atoms with Gasteiger partial charge in [0, 0.05) is 44.6 Å². The van der Waals surface area contributed by atoms with Gasteiger partial charge in [0.05, 0.1) is 16.9 Å². The summed E-state index contributed by atoms with van der Waals surface area (Å²) in [6.45, 7) is 15.3. The first-order valence-corrected chi connectivity index (χ1v) is 10.4. The van der Waals surface area contributed by atoms with Crippen molar-refractivity contribution in [3.63, 3.8) is 0 Å². The van der Waals surface area contributed by atoms with Crippen molar-refractivity contribution in [3.8, 4) is 0 Å². The van der Waals surface area contributed by atoms with Crippen LogP contribution in [-0.4, -0.2) is 41.3 Å². The Bertz CT molecular complexity index is 1100. The minimum Gasteiger partial charge on any atom is -0.371 e. The van der Waals surface area contributed by atoms with Crippen LogP contribution in [0.4, 0.5) is 5.69 Å². The van der Waals surface area contributed by atoms with E-state index in [4.69, 9.17) is 6.57 Å². The maximum Gasteiger partial charge on any atom is 0.329 e. The highest BCUT2D eigenvalue weighted by molar-refractivity contribution is 5.86. The summed E-state index contributed by atoms with van der Waals surface area (Å²) in [7, 11) is 1.93. The molecule has 7 heteroatoms. The Labute approximate surface area is 170 Å². The number of anilines is 1. The Balaban J connectivity index is 1.74. The summed E-state index contributed by atoms with van der Waals surface area (Å²) < 4.78 is 1.78. The van der Waals surface area contributed by atoms with Gasteiger partial charge in [0.1, 0.15) is 0 Å². The molecule has 1 aromatic heterocycles. The Kier molecular flexibility index (Phi) is 4.78. The first-order valence-electron chi connectivity index (χ1n) is 10.4. The highest BCUT2D eigenvalue weighted by Gasteiger charge is 2.43. The standard InChI is InChI=1S/C22H29N5O2/c1-13-17(26-11-10-14(12-26)19(23-4)22(2,3)24-5)9-8-16-18(13)27(15-6-7-15)21(29)25-20(16)28/h8-9,14-15,19,23H,6-7,10-12H2,1-4H3,(H,25,28,29). The van der Waals surface area contributed by atoms with Gasteiger partial charge in [-0.2, -0.15) is 0 Å². The number of likely N-dealkylation sites (N-methyl/N-ethyl adjacent to an activating group) is 1. The second kappa shape index (κ2) is 7.03. The van der Waals surface area contributed by atoms with Crippen molar-refractivity contribution in [1.82, 2.24) is 14.9 Å². The van der Waals surface area contributed by atoms with E-state index in [1.165, 1.54) is 0 Å². The lowest BCUT2D eigenvalue weighted by atomic mass is 9.84. The normalized spacial score (nSPS) is 20.8. The largest absolute Gasteiger partial charge is 0.371 e. The molecule has 0 spiro atoms. The molecule has 2 unspecified atom stereocenters. The van der Waals surface area contributed by atoms with Crippen molar-refractivity contribution in [3.05, 3.63) is 50.0 Å². The molecule has 2 fully saturated rings. The van der Waals surface area contributed by atoms with Gasteiger partial charge in [-0.25, -0.2) is 11.4 Å². The number of hydrogen-bond donors (Lipinski definition) is 2. The molecule has 2 aliphatic rings. The van der Waals surface area contributed by atoms with E-state index in [1.807, 2.05) is 40.0 Å². The van der Waals surface area contributed by atoms with Crippen molar-refractivity contribution in [2.45, 2.75) is 57.7 Å². The van der Waals surface area contributed by atoms with Crippen LogP contribution in [0.5, 0.6) is 0 Å². The van der Waals surface area contributed by atoms with Crippen molar-refractivity contribution >= 4 is 16.6 Å². The molecule has 4 rings (SSSR count). The summed E-state index contributed by atoms with van der Waals surface area (Å²) in [6.07, 6.45) is 2.96. The van der Waals surface area contributed by atoms with Crippen molar-refractivity contribution in [1.29, 1.82) is 0 Å². The first-order chi connectivity index (χ1) is 13.8. The van der Waals surface area contributed by atoms with Crippen LogP contribution in [0.25, 0.3) is 15.7 Å². The minimum atomic E-state index is -0.465. The molecule has 1 aliphatic heterocycles. The molecule has 154 valence electrons. The van der Waals surface area contributed by atoms with Gasteiger partial charge >= 0.3 is 5.69 Å². The number of fused-ring (bicyclic) bond motifs is 1. The molecule has 1 aromatic carbocycles. The highest BCUT2D eigenvalue weighted by Crippen LogP contribution is 2.38. The van der Waals surface area contributed by atoms with Gasteiger partial charge in [-0.05, 0) is 50.9 Å². The Morgan fingerprint density at radius 3 is 2.62 bits per heavy atom. The van der Waals surface area contributed by atoms with E-state index in [1.54, 1.807) is 4.57 Å². The first kappa shape index (κ1) is 19.7. The fraction of sp³-hybridized carbons (Fsp3) is 0.591. The predicted molar refractivity (Wildman–Crippen MR) is 116 cm³/mol. The van der Waals surface area contributed by atoms with Crippen LogP contribution in [-0.2, 0) is 0 Å². The van der Waals surface area contributed by atoms with Crippen molar-refractivity contribution in [2.75, 3.05) is 25.0 Å². The van der Waals surface area contributed by atoms with Gasteiger partial charge < -0.3 is 15.1 Å². The van der Waals surface area contributed by atoms with Crippen LogP contribution in [0.1, 0.15) is 44.7 Å². The number of hydrogen-bond acceptors (Lipinski definition) is 4. The zero-order chi connectivity index (χ0) is 20.9. The second-order valence-electron chi connectivity index (χ2n) is 8.99. The topological polar surface area (TPSA) is 74.5 Å². The Morgan fingerprint density at radius 2 is 2.00 bits per heavy atom. The van der Waals surface area contributed by atoms with Crippen LogP contribution < -0.4 is 21.5 Å². The van der Waals surface area contributed by atoms with E-state index in [9.17, 15) is 9.59 Å². The molecule has 0 bridgehead atoms. The Morgan fingerprint density at radius 1 is 1.28 bits per heavy atom. The van der Waals surface area contributed by atoms with Crippen LogP contribution >= 0.6 is 0 Å². The molecule has 0 amide bonds. The summed E-state index contributed by atoms with van der Waals surface area (Å²) in [4.78, 5) is 33.5. The fourth-order valence-electron chi connectivity index (χ4n) is 5.05. The van der Waals surface area contributed by atoms with Gasteiger partial charge in [-0.1, -0.05) is 0 Å². The summed E-state index contributed by atoms with van der Waals surface area (Å²) in [5, 5.41) is 3.95. The zero-order valence-corrected chi connectivity index (χ0v) is 17.6. The number of aryl methyl sites for hydroxylation is 1. The molecule has 1 aliphatic carbocycles. The minimum absolute atomic E-state index is 0.109. The number of benzene rings is 1. The SMILES string of the molecule is [C-]#[N+]C(C)(C)C(NC)C1CCN(c2ccc3c(=O)[nH]c(=O)n(C4CC4)c3c2C)C1. The summed E-state index contributed by atoms with van der Waals surface area (Å²) in [6, 6.07) is 4.15. The number of rotatable bonds is 5. The van der Waals surface area contributed by atoms with Gasteiger partial charge in [0.2, 0.25) is 5.54 Å². The number of aromatic amines is 1. The number of nitrogens with zero attached hydrogens (tertiary/aromatic N) is 3. The third kappa shape index (κ3) is 3.25. The fourth-order valence-corrected chi connectivity index (χ4v) is 5.05. The zero-order valence-electron chi connectivity index (χ0n) is 17.6.